The number of nitrogens with zero attached hydrogens (tertiary/aromatic N) is 3. The van der Waals surface area contributed by atoms with Crippen LogP contribution in [0.4, 0.5) is 10.1 Å². The van der Waals surface area contributed by atoms with Crippen molar-refractivity contribution in [2.45, 2.75) is 19.1 Å². The Kier molecular flexibility index (Phi) is 8.65. The van der Waals surface area contributed by atoms with Crippen molar-refractivity contribution >= 4 is 49.0 Å². The zero-order chi connectivity index (χ0) is 31.6. The fourth-order valence-electron chi connectivity index (χ4n) is 5.57. The van der Waals surface area contributed by atoms with E-state index in [1.54, 1.807) is 41.2 Å². The summed E-state index contributed by atoms with van der Waals surface area (Å²) in [6, 6.07) is 29.0. The number of benzene rings is 4. The first-order valence-electron chi connectivity index (χ1n) is 14.4. The van der Waals surface area contributed by atoms with Gasteiger partial charge in [0.1, 0.15) is 17.4 Å². The molecule has 0 aliphatic rings. The largest absolute Gasteiger partial charge is 0.494 e. The topological polar surface area (TPSA) is 84.7 Å². The van der Waals surface area contributed by atoms with Crippen molar-refractivity contribution in [3.8, 4) is 11.6 Å². The van der Waals surface area contributed by atoms with Gasteiger partial charge in [-0.1, -0.05) is 72.8 Å². The molecule has 0 radical (unpaired) electrons. The molecular weight excluding hydrogens is 613 g/mol. The third kappa shape index (κ3) is 6.06. The average molecular weight is 644 g/mol. The van der Waals surface area contributed by atoms with Gasteiger partial charge in [0.15, 0.2) is 5.75 Å². The molecule has 4 aromatic carbocycles. The second kappa shape index (κ2) is 12.8. The fraction of sp³-hybridized carbons (Fsp3) is 0.171. The number of ether oxygens (including phenoxy) is 1. The van der Waals surface area contributed by atoms with Crippen LogP contribution in [0, 0.1) is 5.82 Å². The van der Waals surface area contributed by atoms with E-state index < -0.39 is 16.1 Å². The third-order valence-corrected chi connectivity index (χ3v) is 9.87. The van der Waals surface area contributed by atoms with Gasteiger partial charge in [-0.3, -0.25) is 9.29 Å². The Balaban J connectivity index is 1.63. The first-order chi connectivity index (χ1) is 21.8. The molecule has 0 fully saturated rings. The van der Waals surface area contributed by atoms with E-state index in [0.717, 1.165) is 16.7 Å². The van der Waals surface area contributed by atoms with Gasteiger partial charge in [0.2, 0.25) is 15.9 Å². The molecule has 0 aliphatic heterocycles. The third-order valence-electron chi connectivity index (χ3n) is 7.78. The highest BCUT2D eigenvalue weighted by Crippen LogP contribution is 2.49. The van der Waals surface area contributed by atoms with Crippen LogP contribution in [0.5, 0.6) is 11.6 Å². The summed E-state index contributed by atoms with van der Waals surface area (Å²) < 4.78 is 50.5. The van der Waals surface area contributed by atoms with Crippen LogP contribution in [0.1, 0.15) is 29.2 Å². The first-order valence-corrected chi connectivity index (χ1v) is 16.6. The minimum absolute atomic E-state index is 0.135. The molecule has 230 valence electrons. The molecular formula is C35H31ClFN3O4S. The van der Waals surface area contributed by atoms with E-state index in [1.807, 2.05) is 60.7 Å². The molecule has 0 atom stereocenters. The number of hydrogen-bond acceptors (Lipinski definition) is 5. The second-order valence-electron chi connectivity index (χ2n) is 10.7. The number of fused-ring (bicyclic) bond motifs is 2. The Bertz CT molecular complexity index is 2020. The summed E-state index contributed by atoms with van der Waals surface area (Å²) in [6.07, 6.45) is 3.02. The number of pyridine rings is 1. The molecule has 1 N–H and O–H groups in total. The zero-order valence-corrected chi connectivity index (χ0v) is 26.0. The van der Waals surface area contributed by atoms with E-state index in [2.05, 4.69) is 4.98 Å². The summed E-state index contributed by atoms with van der Waals surface area (Å²) >= 11 is 5.86. The SMILES string of the molecule is CN(c1c2cccnc2c(OC(c2ccccc2)c2ccccc2)c2c(O)n(Cc3ccc(F)cc3)cc12)S(=O)(=O)CCCCl. The normalized spacial score (nSPS) is 11.8. The van der Waals surface area contributed by atoms with Crippen molar-refractivity contribution in [2.24, 2.45) is 0 Å². The molecule has 6 rings (SSSR count). The number of alkyl halides is 1. The summed E-state index contributed by atoms with van der Waals surface area (Å²) in [5, 5.41) is 13.2. The van der Waals surface area contributed by atoms with Gasteiger partial charge in [0.25, 0.3) is 0 Å². The van der Waals surface area contributed by atoms with Crippen molar-refractivity contribution < 1.29 is 22.7 Å². The summed E-state index contributed by atoms with van der Waals surface area (Å²) in [5.41, 5.74) is 3.27. The average Bonchev–Trinajstić information content (AvgIpc) is 3.38. The summed E-state index contributed by atoms with van der Waals surface area (Å²) in [5.74, 6) is -0.144. The molecule has 0 saturated carbocycles. The smallest absolute Gasteiger partial charge is 0.234 e. The monoisotopic (exact) mass is 643 g/mol. The van der Waals surface area contributed by atoms with Crippen LogP contribution >= 0.6 is 11.6 Å². The molecule has 7 nitrogen and oxygen atoms in total. The van der Waals surface area contributed by atoms with Crippen molar-refractivity contribution in [1.29, 1.82) is 0 Å². The van der Waals surface area contributed by atoms with Crippen molar-refractivity contribution in [1.82, 2.24) is 9.55 Å². The molecule has 2 aromatic heterocycles. The summed E-state index contributed by atoms with van der Waals surface area (Å²) in [6.45, 7) is 0.201. The molecule has 45 heavy (non-hydrogen) atoms. The van der Waals surface area contributed by atoms with Crippen molar-refractivity contribution in [2.75, 3.05) is 23.0 Å². The maximum absolute atomic E-state index is 13.7. The highest BCUT2D eigenvalue weighted by molar-refractivity contribution is 7.92. The van der Waals surface area contributed by atoms with Crippen LogP contribution < -0.4 is 9.04 Å². The van der Waals surface area contributed by atoms with Crippen LogP contribution in [-0.2, 0) is 16.6 Å². The van der Waals surface area contributed by atoms with E-state index in [-0.39, 0.29) is 36.3 Å². The Morgan fingerprint density at radius 1 is 0.933 bits per heavy atom. The van der Waals surface area contributed by atoms with Gasteiger partial charge in [0.05, 0.1) is 23.4 Å². The Labute approximate surface area is 266 Å². The highest BCUT2D eigenvalue weighted by atomic mass is 35.5. The van der Waals surface area contributed by atoms with Crippen LogP contribution in [0.15, 0.2) is 109 Å². The van der Waals surface area contributed by atoms with Gasteiger partial charge >= 0.3 is 0 Å². The van der Waals surface area contributed by atoms with Gasteiger partial charge < -0.3 is 14.4 Å². The number of aromatic hydroxyl groups is 1. The van der Waals surface area contributed by atoms with Crippen LogP contribution in [0.25, 0.3) is 21.7 Å². The fourth-order valence-corrected chi connectivity index (χ4v) is 7.12. The van der Waals surface area contributed by atoms with Gasteiger partial charge in [0, 0.05) is 36.1 Å². The standard InChI is InChI=1S/C35H31ClFN3O4S/c1-39(45(42,43)21-9-19-36)32-28-14-8-20-38-31(28)34(44-33(25-10-4-2-5-11-25)26-12-6-3-7-13-26)30-29(32)23-40(35(30)41)22-24-15-17-27(37)18-16-24/h2-8,10-18,20,23,33,41H,9,19,21-22H2,1H3. The van der Waals surface area contributed by atoms with E-state index >= 15 is 0 Å². The van der Waals surface area contributed by atoms with Gasteiger partial charge in [-0.15, -0.1) is 11.6 Å². The van der Waals surface area contributed by atoms with Crippen LogP contribution in [0.2, 0.25) is 0 Å². The minimum atomic E-state index is -3.80. The molecule has 0 aliphatic carbocycles. The number of rotatable bonds is 11. The first kappa shape index (κ1) is 30.4. The molecule has 10 heteroatoms. The van der Waals surface area contributed by atoms with Crippen LogP contribution in [0.3, 0.4) is 0 Å². The number of hydrogen-bond donors (Lipinski definition) is 1. The quantitative estimate of drug-likeness (QED) is 0.147. The van der Waals surface area contributed by atoms with E-state index in [4.69, 9.17) is 16.3 Å². The lowest BCUT2D eigenvalue weighted by molar-refractivity contribution is 0.252. The lowest BCUT2D eigenvalue weighted by Gasteiger charge is -2.25. The number of anilines is 1. The highest BCUT2D eigenvalue weighted by Gasteiger charge is 2.30. The summed E-state index contributed by atoms with van der Waals surface area (Å²) in [7, 11) is -2.30. The molecule has 0 amide bonds. The molecule has 0 saturated heterocycles. The molecule has 0 spiro atoms. The Morgan fingerprint density at radius 3 is 2.20 bits per heavy atom. The predicted molar refractivity (Wildman–Crippen MR) is 177 cm³/mol. The van der Waals surface area contributed by atoms with Gasteiger partial charge in [-0.2, -0.15) is 0 Å². The van der Waals surface area contributed by atoms with Gasteiger partial charge in [-0.25, -0.2) is 12.8 Å². The van der Waals surface area contributed by atoms with Crippen molar-refractivity contribution in [3.05, 3.63) is 132 Å². The van der Waals surface area contributed by atoms with E-state index in [0.29, 0.717) is 33.1 Å². The van der Waals surface area contributed by atoms with E-state index in [1.165, 1.54) is 23.5 Å². The maximum Gasteiger partial charge on any atom is 0.234 e. The maximum atomic E-state index is 13.7. The summed E-state index contributed by atoms with van der Waals surface area (Å²) in [4.78, 5) is 4.67. The molecule has 6 aromatic rings. The lowest BCUT2D eigenvalue weighted by atomic mass is 10.0. The minimum Gasteiger partial charge on any atom is -0.494 e. The molecule has 2 heterocycles. The van der Waals surface area contributed by atoms with Gasteiger partial charge in [-0.05, 0) is 47.4 Å². The molecule has 0 unspecified atom stereocenters. The zero-order valence-electron chi connectivity index (χ0n) is 24.5. The van der Waals surface area contributed by atoms with E-state index in [9.17, 15) is 17.9 Å². The lowest BCUT2D eigenvalue weighted by Crippen LogP contribution is -2.29. The van der Waals surface area contributed by atoms with Crippen LogP contribution in [-0.4, -0.2) is 41.8 Å². The second-order valence-corrected chi connectivity index (χ2v) is 13.2. The Morgan fingerprint density at radius 2 is 1.58 bits per heavy atom. The number of aromatic nitrogens is 2. The van der Waals surface area contributed by atoms with Crippen molar-refractivity contribution in [3.63, 3.8) is 0 Å². The Hall–Kier alpha value is -4.60. The number of halogens is 2. The molecule has 0 bridgehead atoms. The number of sulfonamides is 1. The predicted octanol–water partition coefficient (Wildman–Crippen LogP) is 7.65.